The molecular weight excluding hydrogens is 365 g/mol. The summed E-state index contributed by atoms with van der Waals surface area (Å²) in [5.41, 5.74) is -0.913. The van der Waals surface area contributed by atoms with Crippen molar-refractivity contribution in [2.45, 2.75) is 25.1 Å². The van der Waals surface area contributed by atoms with Crippen LogP contribution in [0.15, 0.2) is 30.2 Å². The second-order valence-corrected chi connectivity index (χ2v) is 6.92. The molecule has 4 heterocycles. The summed E-state index contributed by atoms with van der Waals surface area (Å²) in [6, 6.07) is 3.19. The van der Waals surface area contributed by atoms with Gasteiger partial charge in [-0.05, 0) is 24.3 Å². The lowest BCUT2D eigenvalue weighted by Gasteiger charge is -2.33. The fraction of sp³-hybridized carbons (Fsp3) is 0.375. The average Bonchev–Trinajstić information content (AvgIpc) is 3.12. The lowest BCUT2D eigenvalue weighted by atomic mass is 10.0. The van der Waals surface area contributed by atoms with Gasteiger partial charge < -0.3 is 10.2 Å². The SMILES string of the molecule is FC(F)(F)c1cc(N2CCC(Nc3ncnc4sccc34)CC2)ncn1. The Morgan fingerprint density at radius 2 is 1.85 bits per heavy atom. The first-order chi connectivity index (χ1) is 12.5. The molecule has 0 unspecified atom stereocenters. The van der Waals surface area contributed by atoms with Crippen LogP contribution >= 0.6 is 11.3 Å². The van der Waals surface area contributed by atoms with Gasteiger partial charge in [0.15, 0.2) is 0 Å². The van der Waals surface area contributed by atoms with Crippen LogP contribution in [0.25, 0.3) is 10.2 Å². The molecule has 0 aliphatic carbocycles. The van der Waals surface area contributed by atoms with Crippen LogP contribution in [0.1, 0.15) is 18.5 Å². The van der Waals surface area contributed by atoms with E-state index in [0.29, 0.717) is 18.9 Å². The summed E-state index contributed by atoms with van der Waals surface area (Å²) < 4.78 is 38.4. The summed E-state index contributed by atoms with van der Waals surface area (Å²) in [4.78, 5) is 18.6. The number of thiophene rings is 1. The van der Waals surface area contributed by atoms with Gasteiger partial charge in [0.2, 0.25) is 0 Å². The van der Waals surface area contributed by atoms with Crippen LogP contribution in [0, 0.1) is 0 Å². The third-order valence-corrected chi connectivity index (χ3v) is 5.19. The average molecular weight is 380 g/mol. The molecule has 0 bridgehead atoms. The van der Waals surface area contributed by atoms with Crippen molar-refractivity contribution in [1.82, 2.24) is 19.9 Å². The molecule has 1 aliphatic rings. The van der Waals surface area contributed by atoms with E-state index in [0.717, 1.165) is 41.3 Å². The predicted octanol–water partition coefficient (Wildman–Crippen LogP) is 3.58. The molecule has 0 saturated carbocycles. The summed E-state index contributed by atoms with van der Waals surface area (Å²) in [6.45, 7) is 1.23. The molecule has 4 rings (SSSR count). The maximum Gasteiger partial charge on any atom is 0.433 e. The summed E-state index contributed by atoms with van der Waals surface area (Å²) in [5.74, 6) is 1.11. The summed E-state index contributed by atoms with van der Waals surface area (Å²) in [5, 5.41) is 6.40. The van der Waals surface area contributed by atoms with E-state index in [1.807, 2.05) is 16.3 Å². The second kappa shape index (κ2) is 6.67. The maximum absolute atomic E-state index is 12.8. The highest BCUT2D eigenvalue weighted by molar-refractivity contribution is 7.16. The first-order valence-corrected chi connectivity index (χ1v) is 8.97. The van der Waals surface area contributed by atoms with Crippen LogP contribution in [-0.4, -0.2) is 39.1 Å². The topological polar surface area (TPSA) is 66.8 Å². The van der Waals surface area contributed by atoms with Crippen molar-refractivity contribution in [3.63, 3.8) is 0 Å². The zero-order valence-corrected chi connectivity index (χ0v) is 14.4. The number of fused-ring (bicyclic) bond motifs is 1. The van der Waals surface area contributed by atoms with Crippen molar-refractivity contribution in [2.75, 3.05) is 23.3 Å². The zero-order valence-electron chi connectivity index (χ0n) is 13.6. The monoisotopic (exact) mass is 380 g/mol. The number of nitrogens with one attached hydrogen (secondary N) is 1. The van der Waals surface area contributed by atoms with Gasteiger partial charge in [0, 0.05) is 25.2 Å². The van der Waals surface area contributed by atoms with Gasteiger partial charge in [0.05, 0.1) is 5.39 Å². The molecule has 1 fully saturated rings. The number of hydrogen-bond donors (Lipinski definition) is 1. The number of anilines is 2. The number of hydrogen-bond acceptors (Lipinski definition) is 7. The summed E-state index contributed by atoms with van der Waals surface area (Å²) >= 11 is 1.56. The molecule has 0 amide bonds. The van der Waals surface area contributed by atoms with E-state index >= 15 is 0 Å². The lowest BCUT2D eigenvalue weighted by molar-refractivity contribution is -0.141. The molecule has 0 aromatic carbocycles. The molecule has 1 aliphatic heterocycles. The van der Waals surface area contributed by atoms with E-state index in [2.05, 4.69) is 25.3 Å². The highest BCUT2D eigenvalue weighted by Crippen LogP contribution is 2.30. The molecule has 1 N–H and O–H groups in total. The zero-order chi connectivity index (χ0) is 18.1. The smallest absolute Gasteiger partial charge is 0.367 e. The largest absolute Gasteiger partial charge is 0.433 e. The van der Waals surface area contributed by atoms with E-state index in [-0.39, 0.29) is 6.04 Å². The molecule has 136 valence electrons. The standard InChI is InChI=1S/C16H15F3N6S/c17-16(18,19)12-7-13(21-8-20-12)25-4-1-10(2-5-25)24-14-11-3-6-26-15(11)23-9-22-14/h3,6-10H,1-2,4-5H2,(H,22,23,24). The Balaban J connectivity index is 1.42. The molecule has 0 atom stereocenters. The number of nitrogens with zero attached hydrogens (tertiary/aromatic N) is 5. The van der Waals surface area contributed by atoms with Crippen molar-refractivity contribution < 1.29 is 13.2 Å². The van der Waals surface area contributed by atoms with Crippen LogP contribution in [0.3, 0.4) is 0 Å². The van der Waals surface area contributed by atoms with Crippen LogP contribution in [0.5, 0.6) is 0 Å². The van der Waals surface area contributed by atoms with Crippen molar-refractivity contribution in [1.29, 1.82) is 0 Å². The molecule has 1 saturated heterocycles. The molecule has 3 aromatic rings. The minimum atomic E-state index is -4.46. The van der Waals surface area contributed by atoms with Crippen molar-refractivity contribution >= 4 is 33.2 Å². The Bertz CT molecular complexity index is 904. The third-order valence-electron chi connectivity index (χ3n) is 4.36. The van der Waals surface area contributed by atoms with E-state index in [9.17, 15) is 13.2 Å². The Morgan fingerprint density at radius 1 is 1.08 bits per heavy atom. The third kappa shape index (κ3) is 3.41. The quantitative estimate of drug-likeness (QED) is 0.749. The minimum absolute atomic E-state index is 0.202. The van der Waals surface area contributed by atoms with Crippen LogP contribution in [0.4, 0.5) is 24.8 Å². The van der Waals surface area contributed by atoms with Crippen LogP contribution in [0.2, 0.25) is 0 Å². The maximum atomic E-state index is 12.8. The van der Waals surface area contributed by atoms with Gasteiger partial charge in [-0.2, -0.15) is 13.2 Å². The Labute approximate surface area is 151 Å². The first kappa shape index (κ1) is 17.0. The van der Waals surface area contributed by atoms with Crippen LogP contribution < -0.4 is 10.2 Å². The number of rotatable bonds is 3. The van der Waals surface area contributed by atoms with Gasteiger partial charge in [0.25, 0.3) is 0 Å². The molecule has 0 spiro atoms. The van der Waals surface area contributed by atoms with E-state index in [1.165, 1.54) is 6.33 Å². The number of piperidine rings is 1. The minimum Gasteiger partial charge on any atom is -0.367 e. The summed E-state index contributed by atoms with van der Waals surface area (Å²) in [7, 11) is 0. The van der Waals surface area contributed by atoms with E-state index < -0.39 is 11.9 Å². The van der Waals surface area contributed by atoms with E-state index in [1.54, 1.807) is 11.3 Å². The van der Waals surface area contributed by atoms with Crippen molar-refractivity contribution in [3.05, 3.63) is 35.9 Å². The molecule has 26 heavy (non-hydrogen) atoms. The van der Waals surface area contributed by atoms with Gasteiger partial charge in [-0.25, -0.2) is 19.9 Å². The molecule has 0 radical (unpaired) electrons. The Morgan fingerprint density at radius 3 is 2.62 bits per heavy atom. The Hall–Kier alpha value is -2.49. The second-order valence-electron chi connectivity index (χ2n) is 6.03. The van der Waals surface area contributed by atoms with Gasteiger partial charge >= 0.3 is 6.18 Å². The van der Waals surface area contributed by atoms with Gasteiger partial charge in [0.1, 0.15) is 34.8 Å². The normalized spacial score (nSPS) is 16.2. The lowest BCUT2D eigenvalue weighted by Crippen LogP contribution is -2.39. The van der Waals surface area contributed by atoms with Gasteiger partial charge in [-0.1, -0.05) is 0 Å². The number of halogens is 3. The predicted molar refractivity (Wildman–Crippen MR) is 93.3 cm³/mol. The van der Waals surface area contributed by atoms with Crippen LogP contribution in [-0.2, 0) is 6.18 Å². The fourth-order valence-corrected chi connectivity index (χ4v) is 3.76. The molecular formula is C16H15F3N6S. The highest BCUT2D eigenvalue weighted by Gasteiger charge is 2.33. The molecule has 3 aromatic heterocycles. The van der Waals surface area contributed by atoms with Gasteiger partial charge in [-0.3, -0.25) is 0 Å². The number of aromatic nitrogens is 4. The fourth-order valence-electron chi connectivity index (χ4n) is 3.03. The highest BCUT2D eigenvalue weighted by atomic mass is 32.1. The van der Waals surface area contributed by atoms with Gasteiger partial charge in [-0.15, -0.1) is 11.3 Å². The molecule has 6 nitrogen and oxygen atoms in total. The first-order valence-electron chi connectivity index (χ1n) is 8.09. The van der Waals surface area contributed by atoms with E-state index in [4.69, 9.17) is 0 Å². The number of alkyl halides is 3. The summed E-state index contributed by atoms with van der Waals surface area (Å²) in [6.07, 6.45) is -0.398. The van der Waals surface area contributed by atoms with Crippen molar-refractivity contribution in [3.8, 4) is 0 Å². The van der Waals surface area contributed by atoms with Crippen molar-refractivity contribution in [2.24, 2.45) is 0 Å². The Kier molecular flexibility index (Phi) is 4.35. The molecule has 10 heteroatoms.